The van der Waals surface area contributed by atoms with Gasteiger partial charge in [0.15, 0.2) is 6.29 Å². The summed E-state index contributed by atoms with van der Waals surface area (Å²) in [5.41, 5.74) is -0.0569. The van der Waals surface area contributed by atoms with Crippen LogP contribution >= 0.6 is 11.8 Å². The number of carbonyl (C=O) groups excluding carboxylic acids is 1. The second-order valence-corrected chi connectivity index (χ2v) is 4.11. The predicted molar refractivity (Wildman–Crippen MR) is 61.1 cm³/mol. The quantitative estimate of drug-likeness (QED) is 0.251. The Bertz CT molecular complexity index is 394. The Morgan fingerprint density at radius 1 is 1.56 bits per heavy atom. The minimum absolute atomic E-state index is 0.104. The molecule has 1 aromatic carbocycles. The van der Waals surface area contributed by atoms with E-state index in [1.807, 2.05) is 0 Å². The lowest BCUT2D eigenvalue weighted by atomic mass is 10.2. The molecule has 1 aromatic rings. The average Bonchev–Trinajstić information content (AvgIpc) is 2.29. The van der Waals surface area contributed by atoms with Crippen LogP contribution in [0.5, 0.6) is 0 Å². The number of rotatable bonds is 6. The van der Waals surface area contributed by atoms with Crippen molar-refractivity contribution >= 4 is 23.7 Å². The summed E-state index contributed by atoms with van der Waals surface area (Å²) in [6.45, 7) is 0.595. The van der Waals surface area contributed by atoms with E-state index in [2.05, 4.69) is 0 Å². The topological polar surface area (TPSA) is 69.4 Å². The summed E-state index contributed by atoms with van der Waals surface area (Å²) in [7, 11) is 1.60. The van der Waals surface area contributed by atoms with E-state index in [0.29, 0.717) is 12.9 Å². The number of ether oxygens (including phenoxy) is 1. The van der Waals surface area contributed by atoms with Gasteiger partial charge >= 0.3 is 0 Å². The average molecular weight is 241 g/mol. The van der Waals surface area contributed by atoms with Gasteiger partial charge in [0.25, 0.3) is 5.69 Å². The van der Waals surface area contributed by atoms with Crippen molar-refractivity contribution in [3.8, 4) is 0 Å². The van der Waals surface area contributed by atoms with E-state index in [-0.39, 0.29) is 11.3 Å². The molecule has 0 radical (unpaired) electrons. The van der Waals surface area contributed by atoms with E-state index < -0.39 is 4.92 Å². The largest absolute Gasteiger partial charge is 0.384 e. The van der Waals surface area contributed by atoms with Gasteiger partial charge in [0.2, 0.25) is 0 Å². The first-order chi connectivity index (χ1) is 7.69. The van der Waals surface area contributed by atoms with Crippen molar-refractivity contribution in [3.63, 3.8) is 0 Å². The highest BCUT2D eigenvalue weighted by atomic mass is 32.2. The summed E-state index contributed by atoms with van der Waals surface area (Å²) in [6, 6.07) is 4.50. The summed E-state index contributed by atoms with van der Waals surface area (Å²) in [5.74, 6) is 0.743. The normalized spacial score (nSPS) is 10.1. The molecule has 5 nitrogen and oxygen atoms in total. The van der Waals surface area contributed by atoms with Crippen LogP contribution < -0.4 is 0 Å². The van der Waals surface area contributed by atoms with Crippen molar-refractivity contribution in [2.24, 2.45) is 0 Å². The maximum atomic E-state index is 10.7. The Morgan fingerprint density at radius 3 is 2.88 bits per heavy atom. The molecule has 0 bridgehead atoms. The Balaban J connectivity index is 2.82. The molecule has 0 spiro atoms. The van der Waals surface area contributed by atoms with Crippen LogP contribution in [0.4, 0.5) is 5.69 Å². The fourth-order valence-corrected chi connectivity index (χ4v) is 1.99. The van der Waals surface area contributed by atoms with Crippen LogP contribution in [0.2, 0.25) is 0 Å². The molecule has 0 aromatic heterocycles. The van der Waals surface area contributed by atoms with Gasteiger partial charge in [-0.05, 0) is 12.1 Å². The number of benzene rings is 1. The molecule has 86 valence electrons. The van der Waals surface area contributed by atoms with Gasteiger partial charge in [-0.2, -0.15) is 0 Å². The Kier molecular flexibility index (Phi) is 4.94. The van der Waals surface area contributed by atoms with Gasteiger partial charge in [0.1, 0.15) is 0 Å². The van der Waals surface area contributed by atoms with Crippen LogP contribution in [0.1, 0.15) is 10.4 Å². The predicted octanol–water partition coefficient (Wildman–Crippen LogP) is 2.15. The van der Waals surface area contributed by atoms with Crippen molar-refractivity contribution in [2.75, 3.05) is 19.5 Å². The maximum absolute atomic E-state index is 10.7. The monoisotopic (exact) mass is 241 g/mol. The highest BCUT2D eigenvalue weighted by Gasteiger charge is 2.13. The second kappa shape index (κ2) is 6.24. The van der Waals surface area contributed by atoms with Crippen molar-refractivity contribution in [1.29, 1.82) is 0 Å². The number of hydrogen-bond donors (Lipinski definition) is 0. The van der Waals surface area contributed by atoms with Crippen LogP contribution in [0.15, 0.2) is 23.1 Å². The molecular formula is C10H11NO4S. The molecule has 0 saturated carbocycles. The zero-order chi connectivity index (χ0) is 12.0. The van der Waals surface area contributed by atoms with E-state index in [4.69, 9.17) is 4.74 Å². The highest BCUT2D eigenvalue weighted by Crippen LogP contribution is 2.24. The molecule has 0 aliphatic carbocycles. The SMILES string of the molecule is COCCSc1ccc([N+](=O)[O-])c(C=O)c1. The standard InChI is InChI=1S/C10H11NO4S/c1-15-4-5-16-9-2-3-10(11(13)14)8(6-9)7-12/h2-3,6-7H,4-5H2,1H3. The highest BCUT2D eigenvalue weighted by molar-refractivity contribution is 7.99. The van der Waals surface area contributed by atoms with E-state index in [9.17, 15) is 14.9 Å². The second-order valence-electron chi connectivity index (χ2n) is 2.94. The van der Waals surface area contributed by atoms with Crippen LogP contribution in [-0.2, 0) is 4.74 Å². The van der Waals surface area contributed by atoms with E-state index in [0.717, 1.165) is 10.6 Å². The van der Waals surface area contributed by atoms with Crippen LogP contribution in [-0.4, -0.2) is 30.7 Å². The maximum Gasteiger partial charge on any atom is 0.279 e. The van der Waals surface area contributed by atoms with E-state index in [1.165, 1.54) is 23.9 Å². The lowest BCUT2D eigenvalue weighted by Gasteiger charge is -2.02. The molecule has 0 unspecified atom stereocenters. The molecule has 0 N–H and O–H groups in total. The number of carbonyl (C=O) groups is 1. The number of thioether (sulfide) groups is 1. The molecule has 0 fully saturated rings. The molecule has 0 saturated heterocycles. The Hall–Kier alpha value is -1.40. The van der Waals surface area contributed by atoms with Crippen molar-refractivity contribution in [3.05, 3.63) is 33.9 Å². The fraction of sp³-hybridized carbons (Fsp3) is 0.300. The smallest absolute Gasteiger partial charge is 0.279 e. The first kappa shape index (κ1) is 12.7. The number of methoxy groups -OCH3 is 1. The summed E-state index contributed by atoms with van der Waals surface area (Å²) in [5, 5.41) is 10.6. The van der Waals surface area contributed by atoms with Crippen LogP contribution in [0.25, 0.3) is 0 Å². The first-order valence-corrected chi connectivity index (χ1v) is 5.53. The van der Waals surface area contributed by atoms with Gasteiger partial charge < -0.3 is 4.74 Å². The third-order valence-electron chi connectivity index (χ3n) is 1.88. The molecule has 0 heterocycles. The molecule has 6 heteroatoms. The van der Waals surface area contributed by atoms with Gasteiger partial charge in [-0.1, -0.05) is 0 Å². The van der Waals surface area contributed by atoms with Crippen LogP contribution in [0.3, 0.4) is 0 Å². The Morgan fingerprint density at radius 2 is 2.31 bits per heavy atom. The molecule has 16 heavy (non-hydrogen) atoms. The summed E-state index contributed by atoms with van der Waals surface area (Å²) >= 11 is 1.49. The molecule has 0 aliphatic heterocycles. The molecule has 0 amide bonds. The minimum Gasteiger partial charge on any atom is -0.384 e. The van der Waals surface area contributed by atoms with Gasteiger partial charge in [-0.3, -0.25) is 14.9 Å². The number of nitro benzene ring substituents is 1. The lowest BCUT2D eigenvalue weighted by molar-refractivity contribution is -0.385. The summed E-state index contributed by atoms with van der Waals surface area (Å²) in [6.07, 6.45) is 0.499. The summed E-state index contributed by atoms with van der Waals surface area (Å²) < 4.78 is 4.88. The molecule has 0 aliphatic rings. The van der Waals surface area contributed by atoms with Crippen molar-refractivity contribution < 1.29 is 14.5 Å². The number of aldehydes is 1. The minimum atomic E-state index is -0.562. The zero-order valence-corrected chi connectivity index (χ0v) is 9.53. The summed E-state index contributed by atoms with van der Waals surface area (Å²) in [4.78, 5) is 21.5. The number of hydrogen-bond acceptors (Lipinski definition) is 5. The zero-order valence-electron chi connectivity index (χ0n) is 8.71. The number of nitro groups is 1. The van der Waals surface area contributed by atoms with Gasteiger partial charge in [0, 0.05) is 23.8 Å². The fourth-order valence-electron chi connectivity index (χ4n) is 1.13. The lowest BCUT2D eigenvalue weighted by Crippen LogP contribution is -1.95. The first-order valence-electron chi connectivity index (χ1n) is 4.54. The molecular weight excluding hydrogens is 230 g/mol. The number of nitrogens with zero attached hydrogens (tertiary/aromatic N) is 1. The molecule has 1 rings (SSSR count). The molecule has 0 atom stereocenters. The van der Waals surface area contributed by atoms with Gasteiger partial charge in [0.05, 0.1) is 17.1 Å². The van der Waals surface area contributed by atoms with Crippen molar-refractivity contribution in [2.45, 2.75) is 4.90 Å². The Labute approximate surface area is 96.9 Å². The van der Waals surface area contributed by atoms with Gasteiger partial charge in [-0.25, -0.2) is 0 Å². The third-order valence-corrected chi connectivity index (χ3v) is 2.84. The van der Waals surface area contributed by atoms with Crippen LogP contribution in [0, 0.1) is 10.1 Å². The van der Waals surface area contributed by atoms with E-state index >= 15 is 0 Å². The third kappa shape index (κ3) is 3.32. The van der Waals surface area contributed by atoms with Crippen molar-refractivity contribution in [1.82, 2.24) is 0 Å². The van der Waals surface area contributed by atoms with E-state index in [1.54, 1.807) is 13.2 Å². The van der Waals surface area contributed by atoms with Gasteiger partial charge in [-0.15, -0.1) is 11.8 Å².